The van der Waals surface area contributed by atoms with Crippen molar-refractivity contribution in [3.8, 4) is 0 Å². The Morgan fingerprint density at radius 3 is 3.38 bits per heavy atom. The van der Waals surface area contributed by atoms with Crippen molar-refractivity contribution < 1.29 is 9.90 Å². The highest BCUT2D eigenvalue weighted by Crippen LogP contribution is 2.22. The molecule has 1 saturated heterocycles. The summed E-state index contributed by atoms with van der Waals surface area (Å²) in [7, 11) is 0. The van der Waals surface area contributed by atoms with Gasteiger partial charge in [0.15, 0.2) is 0 Å². The number of aliphatic imine (C=N–C) groups is 1. The number of hydrogen-bond donors (Lipinski definition) is 2. The Morgan fingerprint density at radius 2 is 2.69 bits per heavy atom. The van der Waals surface area contributed by atoms with Crippen molar-refractivity contribution >= 4 is 12.2 Å². The number of hydrazine groups is 1. The van der Waals surface area contributed by atoms with Crippen molar-refractivity contribution in [3.05, 3.63) is 11.9 Å². The van der Waals surface area contributed by atoms with E-state index in [0.29, 0.717) is 5.92 Å². The molecular formula is C8H11N3O2. The first-order valence-corrected chi connectivity index (χ1v) is 4.21. The Morgan fingerprint density at radius 1 is 1.85 bits per heavy atom. The van der Waals surface area contributed by atoms with Gasteiger partial charge in [-0.25, -0.2) is 5.01 Å². The van der Waals surface area contributed by atoms with Gasteiger partial charge < -0.3 is 10.5 Å². The van der Waals surface area contributed by atoms with E-state index < -0.39 is 5.97 Å². The minimum absolute atomic E-state index is 0.0356. The van der Waals surface area contributed by atoms with Gasteiger partial charge in [-0.15, -0.1) is 0 Å². The number of rotatable bonds is 2. The van der Waals surface area contributed by atoms with Crippen LogP contribution in [-0.4, -0.2) is 35.4 Å². The second-order valence-electron chi connectivity index (χ2n) is 3.23. The fraction of sp³-hybridized carbons (Fsp3) is 0.500. The Labute approximate surface area is 75.7 Å². The molecule has 2 aliphatic rings. The number of nitrogens with one attached hydrogen (secondary N) is 1. The molecule has 2 N–H and O–H groups in total. The monoisotopic (exact) mass is 181 g/mol. The van der Waals surface area contributed by atoms with Crippen LogP contribution < -0.4 is 5.43 Å². The predicted octanol–water partition coefficient (Wildman–Crippen LogP) is -0.177. The van der Waals surface area contributed by atoms with E-state index in [1.807, 2.05) is 6.21 Å². The highest BCUT2D eigenvalue weighted by molar-refractivity contribution is 5.69. The van der Waals surface area contributed by atoms with E-state index in [4.69, 9.17) is 5.11 Å². The van der Waals surface area contributed by atoms with E-state index in [-0.39, 0.29) is 6.54 Å². The minimum Gasteiger partial charge on any atom is -0.480 e. The molecule has 1 unspecified atom stereocenters. The molecular weight excluding hydrogens is 170 g/mol. The van der Waals surface area contributed by atoms with Crippen LogP contribution in [0.3, 0.4) is 0 Å². The van der Waals surface area contributed by atoms with Crippen LogP contribution in [0, 0.1) is 5.92 Å². The maximum Gasteiger partial charge on any atom is 0.319 e. The van der Waals surface area contributed by atoms with Gasteiger partial charge in [-0.3, -0.25) is 9.79 Å². The summed E-state index contributed by atoms with van der Waals surface area (Å²) in [5, 5.41) is 10.3. The second kappa shape index (κ2) is 3.18. The molecule has 1 fully saturated rings. The van der Waals surface area contributed by atoms with Crippen molar-refractivity contribution in [2.45, 2.75) is 6.42 Å². The second-order valence-corrected chi connectivity index (χ2v) is 3.23. The zero-order valence-electron chi connectivity index (χ0n) is 7.10. The lowest BCUT2D eigenvalue weighted by Gasteiger charge is -2.11. The summed E-state index contributed by atoms with van der Waals surface area (Å²) in [6, 6.07) is 0. The maximum absolute atomic E-state index is 10.4. The van der Waals surface area contributed by atoms with Crippen molar-refractivity contribution in [3.63, 3.8) is 0 Å². The molecule has 0 spiro atoms. The molecule has 2 aliphatic heterocycles. The molecule has 2 rings (SSSR count). The van der Waals surface area contributed by atoms with E-state index in [2.05, 4.69) is 10.4 Å². The molecule has 0 radical (unpaired) electrons. The normalized spacial score (nSPS) is 26.5. The summed E-state index contributed by atoms with van der Waals surface area (Å²) in [5.74, 6) is -0.412. The molecule has 0 aromatic rings. The standard InChI is InChI=1S/C8H11N3O2/c12-8(13)5-11-4-6-1-2-9-3-7(6)10-11/h2-3,6,10H,1,4-5H2,(H,12,13). The SMILES string of the molecule is O=C(O)CN1CC2CC=NC=C2N1. The van der Waals surface area contributed by atoms with Crippen molar-refractivity contribution in [2.24, 2.45) is 10.9 Å². The van der Waals surface area contributed by atoms with Crippen molar-refractivity contribution in [1.29, 1.82) is 0 Å². The third-order valence-corrected chi connectivity index (χ3v) is 2.20. The number of fused-ring (bicyclic) bond motifs is 1. The van der Waals surface area contributed by atoms with Crippen LogP contribution >= 0.6 is 0 Å². The molecule has 0 aliphatic carbocycles. The lowest BCUT2D eigenvalue weighted by Crippen LogP contribution is -2.34. The average Bonchev–Trinajstić information content (AvgIpc) is 2.44. The molecule has 5 heteroatoms. The van der Waals surface area contributed by atoms with E-state index in [1.54, 1.807) is 11.2 Å². The summed E-state index contributed by atoms with van der Waals surface area (Å²) < 4.78 is 0. The highest BCUT2D eigenvalue weighted by Gasteiger charge is 2.28. The van der Waals surface area contributed by atoms with Gasteiger partial charge in [0, 0.05) is 30.6 Å². The molecule has 2 heterocycles. The van der Waals surface area contributed by atoms with Crippen LogP contribution in [0.25, 0.3) is 0 Å². The fourth-order valence-corrected chi connectivity index (χ4v) is 1.61. The van der Waals surface area contributed by atoms with Crippen LogP contribution in [0.5, 0.6) is 0 Å². The number of carboxylic acid groups (broad SMARTS) is 1. The lowest BCUT2D eigenvalue weighted by atomic mass is 10.0. The Bertz CT molecular complexity index is 285. The molecule has 13 heavy (non-hydrogen) atoms. The molecule has 70 valence electrons. The van der Waals surface area contributed by atoms with Crippen molar-refractivity contribution in [2.75, 3.05) is 13.1 Å². The Balaban J connectivity index is 1.98. The number of carbonyl (C=O) groups is 1. The van der Waals surface area contributed by atoms with Crippen LogP contribution in [0.1, 0.15) is 6.42 Å². The number of aliphatic carboxylic acids is 1. The average molecular weight is 181 g/mol. The van der Waals surface area contributed by atoms with Gasteiger partial charge in [0.25, 0.3) is 0 Å². The maximum atomic E-state index is 10.4. The number of nitrogens with zero attached hydrogens (tertiary/aromatic N) is 2. The fourth-order valence-electron chi connectivity index (χ4n) is 1.61. The van der Waals surface area contributed by atoms with E-state index in [1.165, 1.54) is 0 Å². The van der Waals surface area contributed by atoms with Gasteiger partial charge in [0.05, 0.1) is 0 Å². The molecule has 0 bridgehead atoms. The molecule has 0 aromatic heterocycles. The summed E-state index contributed by atoms with van der Waals surface area (Å²) in [4.78, 5) is 14.4. The van der Waals surface area contributed by atoms with Gasteiger partial charge >= 0.3 is 5.97 Å². The molecule has 0 saturated carbocycles. The summed E-state index contributed by atoms with van der Waals surface area (Å²) in [5.41, 5.74) is 4.06. The first-order chi connectivity index (χ1) is 6.25. The topological polar surface area (TPSA) is 64.9 Å². The summed E-state index contributed by atoms with van der Waals surface area (Å²) >= 11 is 0. The zero-order chi connectivity index (χ0) is 9.26. The lowest BCUT2D eigenvalue weighted by molar-refractivity contribution is -0.138. The molecule has 0 amide bonds. The van der Waals surface area contributed by atoms with E-state index in [9.17, 15) is 4.79 Å². The third kappa shape index (κ3) is 1.70. The van der Waals surface area contributed by atoms with E-state index in [0.717, 1.165) is 18.7 Å². The van der Waals surface area contributed by atoms with Crippen LogP contribution in [0.4, 0.5) is 0 Å². The first-order valence-electron chi connectivity index (χ1n) is 4.21. The van der Waals surface area contributed by atoms with Gasteiger partial charge in [0.1, 0.15) is 6.54 Å². The van der Waals surface area contributed by atoms with Crippen LogP contribution in [0.2, 0.25) is 0 Å². The predicted molar refractivity (Wildman–Crippen MR) is 47.0 cm³/mol. The minimum atomic E-state index is -0.812. The van der Waals surface area contributed by atoms with Crippen LogP contribution in [-0.2, 0) is 4.79 Å². The van der Waals surface area contributed by atoms with Crippen LogP contribution in [0.15, 0.2) is 16.9 Å². The quantitative estimate of drug-likeness (QED) is 0.620. The largest absolute Gasteiger partial charge is 0.480 e. The molecule has 5 nitrogen and oxygen atoms in total. The number of carboxylic acids is 1. The summed E-state index contributed by atoms with van der Waals surface area (Å²) in [6.07, 6.45) is 4.52. The smallest absolute Gasteiger partial charge is 0.319 e. The zero-order valence-corrected chi connectivity index (χ0v) is 7.10. The van der Waals surface area contributed by atoms with E-state index >= 15 is 0 Å². The van der Waals surface area contributed by atoms with Gasteiger partial charge in [-0.05, 0) is 6.42 Å². The number of hydrogen-bond acceptors (Lipinski definition) is 4. The molecule has 0 aromatic carbocycles. The Kier molecular flexibility index (Phi) is 2.02. The van der Waals surface area contributed by atoms with Gasteiger partial charge in [0.2, 0.25) is 0 Å². The summed E-state index contributed by atoms with van der Waals surface area (Å²) in [6.45, 7) is 0.790. The first kappa shape index (κ1) is 8.25. The Hall–Kier alpha value is -1.36. The van der Waals surface area contributed by atoms with Gasteiger partial charge in [-0.1, -0.05) is 0 Å². The van der Waals surface area contributed by atoms with Crippen molar-refractivity contribution in [1.82, 2.24) is 10.4 Å². The highest BCUT2D eigenvalue weighted by atomic mass is 16.4. The third-order valence-electron chi connectivity index (χ3n) is 2.20. The molecule has 1 atom stereocenters. The van der Waals surface area contributed by atoms with Gasteiger partial charge in [-0.2, -0.15) is 0 Å².